The molecule has 270 valence electrons. The summed E-state index contributed by atoms with van der Waals surface area (Å²) in [7, 11) is -1.59. The standard InChI is InChI=1S/C32H45N5O11S/c1-32(2,15-16-33-30(46-4)34-37(41)42)21-35(49(43,44)24-12-10-23(45-3)11-13-24)19-28(38)26(18-22-8-6-5-7-9-22)36(31(39)40)27-20-48-29-25(27)14-17-47-29/h5-13,25-29,38H,14-21H2,1-4H3,(H,33,34)(H,39,40)/p-1/t25-,26-,27-,28+,29+/m0/s1. The van der Waals surface area contributed by atoms with Gasteiger partial charge in [0, 0.05) is 25.6 Å². The minimum absolute atomic E-state index is 0.0392. The van der Waals surface area contributed by atoms with E-state index in [0.29, 0.717) is 18.8 Å². The van der Waals surface area contributed by atoms with Crippen LogP contribution >= 0.6 is 0 Å². The molecule has 0 bridgehead atoms. The molecule has 49 heavy (non-hydrogen) atoms. The van der Waals surface area contributed by atoms with Crippen LogP contribution in [0.2, 0.25) is 0 Å². The molecule has 16 nitrogen and oxygen atoms in total. The van der Waals surface area contributed by atoms with Crippen molar-refractivity contribution in [1.82, 2.24) is 14.6 Å². The summed E-state index contributed by atoms with van der Waals surface area (Å²) in [5.74, 6) is 0.172. The number of carbonyl (C=O) groups excluding carboxylic acids is 1. The highest BCUT2D eigenvalue weighted by atomic mass is 32.2. The van der Waals surface area contributed by atoms with Gasteiger partial charge in [-0.15, -0.1) is 0 Å². The van der Waals surface area contributed by atoms with Crippen LogP contribution in [0.25, 0.3) is 0 Å². The highest BCUT2D eigenvalue weighted by Crippen LogP contribution is 2.36. The summed E-state index contributed by atoms with van der Waals surface area (Å²) in [5.41, 5.74) is 1.80. The van der Waals surface area contributed by atoms with E-state index in [0.717, 1.165) is 14.8 Å². The molecule has 2 aromatic rings. The lowest BCUT2D eigenvalue weighted by Gasteiger charge is -2.43. The number of carboxylic acid groups (broad SMARTS) is 1. The van der Waals surface area contributed by atoms with Gasteiger partial charge in [0.05, 0.1) is 50.5 Å². The van der Waals surface area contributed by atoms with Gasteiger partial charge < -0.3 is 38.9 Å². The number of hydrogen-bond donors (Lipinski definition) is 2. The van der Waals surface area contributed by atoms with Crippen molar-refractivity contribution in [1.29, 1.82) is 0 Å². The Morgan fingerprint density at radius 2 is 1.86 bits per heavy atom. The summed E-state index contributed by atoms with van der Waals surface area (Å²) >= 11 is 0. The van der Waals surface area contributed by atoms with Gasteiger partial charge in [0.1, 0.15) is 11.8 Å². The number of fused-ring (bicyclic) bond motifs is 1. The second-order valence-electron chi connectivity index (χ2n) is 12.7. The van der Waals surface area contributed by atoms with E-state index >= 15 is 0 Å². The number of hydrazine groups is 1. The fraction of sp³-hybridized carbons (Fsp3) is 0.562. The van der Waals surface area contributed by atoms with Gasteiger partial charge in [0.15, 0.2) is 11.3 Å². The van der Waals surface area contributed by atoms with E-state index in [4.69, 9.17) is 18.9 Å². The maximum Gasteiger partial charge on any atom is 0.344 e. The lowest BCUT2D eigenvalue weighted by atomic mass is 9.89. The van der Waals surface area contributed by atoms with Crippen molar-refractivity contribution in [2.24, 2.45) is 16.3 Å². The van der Waals surface area contributed by atoms with Crippen molar-refractivity contribution in [3.63, 3.8) is 0 Å². The number of benzene rings is 2. The minimum Gasteiger partial charge on any atom is -0.530 e. The first kappa shape index (κ1) is 37.8. The molecule has 0 unspecified atom stereocenters. The first-order valence-electron chi connectivity index (χ1n) is 15.8. The number of carbonyl (C=O) groups is 1. The fourth-order valence-electron chi connectivity index (χ4n) is 6.24. The molecule has 2 aromatic carbocycles. The molecule has 1 amide bonds. The number of nitrogens with one attached hydrogen (secondary N) is 1. The Morgan fingerprint density at radius 1 is 1.16 bits per heavy atom. The largest absolute Gasteiger partial charge is 0.530 e. The van der Waals surface area contributed by atoms with E-state index in [1.807, 2.05) is 11.5 Å². The van der Waals surface area contributed by atoms with Crippen molar-refractivity contribution >= 4 is 22.1 Å². The molecule has 2 fully saturated rings. The Morgan fingerprint density at radius 3 is 2.47 bits per heavy atom. The molecule has 0 spiro atoms. The van der Waals surface area contributed by atoms with Gasteiger partial charge in [-0.3, -0.25) is 0 Å². The van der Waals surface area contributed by atoms with Crippen molar-refractivity contribution in [3.8, 4) is 5.75 Å². The van der Waals surface area contributed by atoms with Gasteiger partial charge in [0.2, 0.25) is 10.0 Å². The number of ether oxygens (including phenoxy) is 4. The van der Waals surface area contributed by atoms with Gasteiger partial charge in [0.25, 0.3) is 0 Å². The first-order chi connectivity index (χ1) is 23.3. The highest BCUT2D eigenvalue weighted by Gasteiger charge is 2.47. The Hall–Kier alpha value is -4.03. The zero-order valence-corrected chi connectivity index (χ0v) is 28.8. The Bertz CT molecular complexity index is 1540. The molecule has 2 saturated heterocycles. The van der Waals surface area contributed by atoms with Crippen LogP contribution in [0.3, 0.4) is 0 Å². The van der Waals surface area contributed by atoms with Gasteiger partial charge in [-0.2, -0.15) is 4.31 Å². The number of nitro groups is 1. The second kappa shape index (κ2) is 16.6. The summed E-state index contributed by atoms with van der Waals surface area (Å²) < 4.78 is 51.1. The number of hydrogen-bond acceptors (Lipinski definition) is 12. The van der Waals surface area contributed by atoms with Crippen molar-refractivity contribution in [2.45, 2.75) is 62.5 Å². The summed E-state index contributed by atoms with van der Waals surface area (Å²) in [6.45, 7) is 3.50. The number of rotatable bonds is 16. The number of sulfonamides is 1. The molecule has 17 heteroatoms. The van der Waals surface area contributed by atoms with Gasteiger partial charge in [-0.05, 0) is 54.5 Å². The Kier molecular flexibility index (Phi) is 12.8. The number of amides is 1. The van der Waals surface area contributed by atoms with Crippen LogP contribution in [0.1, 0.15) is 32.3 Å². The number of aliphatic hydroxyl groups is 1. The lowest BCUT2D eigenvalue weighted by Crippen LogP contribution is -2.61. The van der Waals surface area contributed by atoms with Crippen molar-refractivity contribution in [3.05, 3.63) is 70.3 Å². The normalized spacial score (nSPS) is 20.8. The molecule has 0 saturated carbocycles. The van der Waals surface area contributed by atoms with Gasteiger partial charge in [-0.1, -0.05) is 49.6 Å². The molecule has 2 heterocycles. The van der Waals surface area contributed by atoms with Crippen LogP contribution in [0, 0.1) is 21.4 Å². The number of methoxy groups -OCH3 is 2. The summed E-state index contributed by atoms with van der Waals surface area (Å²) in [4.78, 5) is 28.8. The highest BCUT2D eigenvalue weighted by molar-refractivity contribution is 7.89. The predicted molar refractivity (Wildman–Crippen MR) is 174 cm³/mol. The van der Waals surface area contributed by atoms with Crippen LogP contribution < -0.4 is 15.3 Å². The number of nitrogens with zero attached hydrogens (tertiary/aromatic N) is 4. The molecule has 5 atom stereocenters. The van der Waals surface area contributed by atoms with Gasteiger partial charge in [-0.25, -0.2) is 23.5 Å². The predicted octanol–water partition coefficient (Wildman–Crippen LogP) is 1.26. The third-order valence-corrected chi connectivity index (χ3v) is 10.6. The maximum atomic E-state index is 14.2. The topological polar surface area (TPSA) is 205 Å². The summed E-state index contributed by atoms with van der Waals surface area (Å²) in [5, 5.41) is 34.9. The van der Waals surface area contributed by atoms with E-state index in [1.165, 1.54) is 38.5 Å². The van der Waals surface area contributed by atoms with Crippen LogP contribution in [-0.4, -0.2) is 111 Å². The zero-order valence-electron chi connectivity index (χ0n) is 28.0. The third-order valence-electron chi connectivity index (χ3n) is 8.78. The lowest BCUT2D eigenvalue weighted by molar-refractivity contribution is -0.527. The zero-order chi connectivity index (χ0) is 35.8. The summed E-state index contributed by atoms with van der Waals surface area (Å²) in [6.07, 6.45) is -2.69. The van der Waals surface area contributed by atoms with Gasteiger partial charge >= 0.3 is 6.02 Å². The molecule has 2 aliphatic heterocycles. The number of aliphatic imine (C=N–C) groups is 1. The summed E-state index contributed by atoms with van der Waals surface area (Å²) in [6, 6.07) is 12.7. The van der Waals surface area contributed by atoms with Crippen LogP contribution in [0.15, 0.2) is 64.5 Å². The molecular formula is C32H44N5O11S-. The molecular weight excluding hydrogens is 662 g/mol. The van der Waals surface area contributed by atoms with Crippen LogP contribution in [-0.2, 0) is 30.7 Å². The van der Waals surface area contributed by atoms with Crippen LogP contribution in [0.4, 0.5) is 4.79 Å². The SMILES string of the molecule is COC(=NCCC(C)(C)CN(C[C@@H](O)[C@H](Cc1ccccc1)N(C(=O)[O-])[C@H]1CO[C@H]2OCC[C@H]21)S(=O)(=O)c1ccc(OC)cc1)N[N+](=O)[O-]. The van der Waals surface area contributed by atoms with Crippen LogP contribution in [0.5, 0.6) is 5.75 Å². The fourth-order valence-corrected chi connectivity index (χ4v) is 7.88. The smallest absolute Gasteiger partial charge is 0.344 e. The van der Waals surface area contributed by atoms with Crippen molar-refractivity contribution in [2.75, 3.05) is 47.1 Å². The van der Waals surface area contributed by atoms with E-state index in [9.17, 15) is 33.5 Å². The molecule has 2 N–H and O–H groups in total. The quantitative estimate of drug-likeness (QED) is 0.110. The Balaban J connectivity index is 1.68. The van der Waals surface area contributed by atoms with Crippen molar-refractivity contribution < 1.29 is 47.4 Å². The monoisotopic (exact) mass is 706 g/mol. The average Bonchev–Trinajstić information content (AvgIpc) is 3.69. The Labute approximate surface area is 285 Å². The number of amidine groups is 1. The van der Waals surface area contributed by atoms with E-state index in [2.05, 4.69) is 4.99 Å². The maximum absolute atomic E-state index is 14.2. The first-order valence-corrected chi connectivity index (χ1v) is 17.3. The second-order valence-corrected chi connectivity index (χ2v) is 14.7. The molecule has 2 aliphatic rings. The minimum atomic E-state index is -4.27. The third kappa shape index (κ3) is 9.78. The molecule has 0 radical (unpaired) electrons. The number of aliphatic hydroxyl groups excluding tert-OH is 1. The van der Waals surface area contributed by atoms with E-state index in [-0.39, 0.29) is 49.4 Å². The van der Waals surface area contributed by atoms with E-state index < -0.39 is 57.6 Å². The van der Waals surface area contributed by atoms with E-state index in [1.54, 1.807) is 38.1 Å². The molecule has 4 rings (SSSR count). The molecule has 0 aromatic heterocycles. The average molecular weight is 707 g/mol. The molecule has 0 aliphatic carbocycles.